The zero-order valence-electron chi connectivity index (χ0n) is 17.1. The highest BCUT2D eigenvalue weighted by Gasteiger charge is 2.20. The predicted octanol–water partition coefficient (Wildman–Crippen LogP) is 3.31. The summed E-state index contributed by atoms with van der Waals surface area (Å²) in [6.07, 6.45) is 0.0904. The maximum absolute atomic E-state index is 13.0. The molecule has 0 aliphatic rings. The number of carbonyl (C=O) groups is 1. The summed E-state index contributed by atoms with van der Waals surface area (Å²) in [7, 11) is 0. The van der Waals surface area contributed by atoms with Crippen LogP contribution in [-0.2, 0) is 17.9 Å². The summed E-state index contributed by atoms with van der Waals surface area (Å²) < 4.78 is 6.63. The van der Waals surface area contributed by atoms with Crippen molar-refractivity contribution in [2.75, 3.05) is 0 Å². The first-order valence-corrected chi connectivity index (χ1v) is 10.3. The van der Waals surface area contributed by atoms with E-state index in [1.165, 1.54) is 4.57 Å². The Morgan fingerprint density at radius 2 is 2.00 bits per heavy atom. The van der Waals surface area contributed by atoms with Gasteiger partial charge in [0, 0.05) is 30.1 Å². The monoisotopic (exact) mass is 440 g/mol. The van der Waals surface area contributed by atoms with E-state index in [2.05, 4.69) is 9.97 Å². The molecule has 8 nitrogen and oxygen atoms in total. The second-order valence-corrected chi connectivity index (χ2v) is 7.96. The molecule has 0 unspecified atom stereocenters. The Labute approximate surface area is 182 Å². The summed E-state index contributed by atoms with van der Waals surface area (Å²) >= 11 is 5.95. The van der Waals surface area contributed by atoms with E-state index in [0.29, 0.717) is 32.8 Å². The number of hydrogen-bond acceptors (Lipinski definition) is 5. The lowest BCUT2D eigenvalue weighted by Gasteiger charge is -2.26. The van der Waals surface area contributed by atoms with Gasteiger partial charge in [-0.15, -0.1) is 0 Å². The van der Waals surface area contributed by atoms with E-state index in [9.17, 15) is 14.4 Å². The molecule has 4 aromatic rings. The number of fused-ring (bicyclic) bond motifs is 2. The molecule has 9 heteroatoms. The molecule has 0 saturated heterocycles. The fourth-order valence-electron chi connectivity index (χ4n) is 3.53. The van der Waals surface area contributed by atoms with Crippen molar-refractivity contribution in [1.29, 1.82) is 0 Å². The van der Waals surface area contributed by atoms with Crippen molar-refractivity contribution in [2.24, 2.45) is 0 Å². The van der Waals surface area contributed by atoms with E-state index in [4.69, 9.17) is 16.0 Å². The van der Waals surface area contributed by atoms with Crippen LogP contribution in [0.2, 0.25) is 5.02 Å². The number of para-hydroxylation sites is 1. The number of carbonyl (C=O) groups excluding carboxylic acids is 1. The maximum Gasteiger partial charge on any atom is 0.419 e. The Bertz CT molecular complexity index is 1390. The van der Waals surface area contributed by atoms with Crippen LogP contribution in [0.3, 0.4) is 0 Å². The molecule has 31 heavy (non-hydrogen) atoms. The van der Waals surface area contributed by atoms with Gasteiger partial charge in [-0.05, 0) is 38.1 Å². The second kappa shape index (κ2) is 8.39. The second-order valence-electron chi connectivity index (χ2n) is 7.53. The van der Waals surface area contributed by atoms with Gasteiger partial charge in [0.25, 0.3) is 5.56 Å². The Kier molecular flexibility index (Phi) is 5.65. The number of hydrogen-bond donors (Lipinski definition) is 1. The Balaban J connectivity index is 1.54. The van der Waals surface area contributed by atoms with Gasteiger partial charge >= 0.3 is 5.76 Å². The topological polar surface area (TPSA) is 101 Å². The lowest BCUT2D eigenvalue weighted by Crippen LogP contribution is -2.38. The standard InChI is InChI=1S/C22H21ClN4O4/c1-13(2)27(12-19-24-16-6-4-3-5-15(16)21(29)25-19)20(28)9-10-26-17-8-7-14(23)11-18(17)31-22(26)30/h3-8,11,13H,9-10,12H2,1-2H3,(H,24,25,29). The lowest BCUT2D eigenvalue weighted by atomic mass is 10.2. The van der Waals surface area contributed by atoms with E-state index < -0.39 is 5.76 Å². The van der Waals surface area contributed by atoms with Crippen molar-refractivity contribution < 1.29 is 9.21 Å². The molecule has 2 aromatic heterocycles. The quantitative estimate of drug-likeness (QED) is 0.495. The van der Waals surface area contributed by atoms with Gasteiger partial charge in [0.05, 0.1) is 23.0 Å². The van der Waals surface area contributed by atoms with E-state index in [1.54, 1.807) is 41.3 Å². The third-order valence-corrected chi connectivity index (χ3v) is 5.34. The molecule has 1 amide bonds. The number of aromatic nitrogens is 3. The van der Waals surface area contributed by atoms with Crippen LogP contribution in [-0.4, -0.2) is 31.4 Å². The summed E-state index contributed by atoms with van der Waals surface area (Å²) in [5, 5.41) is 0.965. The molecular formula is C22H21ClN4O4. The van der Waals surface area contributed by atoms with Crippen LogP contribution in [0, 0.1) is 0 Å². The Morgan fingerprint density at radius 1 is 1.23 bits per heavy atom. The van der Waals surface area contributed by atoms with Gasteiger partial charge in [-0.3, -0.25) is 14.2 Å². The number of amides is 1. The van der Waals surface area contributed by atoms with Gasteiger partial charge < -0.3 is 14.3 Å². The van der Waals surface area contributed by atoms with Crippen molar-refractivity contribution in [3.8, 4) is 0 Å². The van der Waals surface area contributed by atoms with Crippen LogP contribution in [0.15, 0.2) is 56.5 Å². The summed E-state index contributed by atoms with van der Waals surface area (Å²) in [5.41, 5.74) is 1.29. The molecular weight excluding hydrogens is 420 g/mol. The third kappa shape index (κ3) is 4.25. The normalized spacial score (nSPS) is 11.5. The smallest absolute Gasteiger partial charge is 0.408 e. The Morgan fingerprint density at radius 3 is 2.77 bits per heavy atom. The number of oxazole rings is 1. The molecule has 0 saturated carbocycles. The largest absolute Gasteiger partial charge is 0.419 e. The molecule has 0 spiro atoms. The predicted molar refractivity (Wildman–Crippen MR) is 118 cm³/mol. The summed E-state index contributed by atoms with van der Waals surface area (Å²) in [6, 6.07) is 11.9. The molecule has 0 aliphatic carbocycles. The molecule has 0 aliphatic heterocycles. The first-order valence-electron chi connectivity index (χ1n) is 9.90. The van der Waals surface area contributed by atoms with Crippen LogP contribution >= 0.6 is 11.6 Å². The number of halogens is 1. The van der Waals surface area contributed by atoms with Crippen LogP contribution in [0.1, 0.15) is 26.1 Å². The molecule has 0 radical (unpaired) electrons. The minimum atomic E-state index is -0.540. The molecule has 1 N–H and O–H groups in total. The third-order valence-electron chi connectivity index (χ3n) is 5.11. The molecule has 0 fully saturated rings. The van der Waals surface area contributed by atoms with Crippen molar-refractivity contribution in [2.45, 2.75) is 39.4 Å². The molecule has 0 atom stereocenters. The minimum absolute atomic E-state index is 0.0904. The molecule has 160 valence electrons. The SMILES string of the molecule is CC(C)N(Cc1nc2ccccc2c(=O)[nH]1)C(=O)CCn1c(=O)oc2cc(Cl)ccc21. The number of nitrogens with one attached hydrogen (secondary N) is 1. The van der Waals surface area contributed by atoms with Gasteiger partial charge in [0.1, 0.15) is 5.82 Å². The van der Waals surface area contributed by atoms with Crippen LogP contribution in [0.5, 0.6) is 0 Å². The highest BCUT2D eigenvalue weighted by atomic mass is 35.5. The average Bonchev–Trinajstić information content (AvgIpc) is 3.04. The fraction of sp³-hybridized carbons (Fsp3) is 0.273. The number of H-pyrrole nitrogens is 1. The van der Waals surface area contributed by atoms with E-state index >= 15 is 0 Å². The van der Waals surface area contributed by atoms with Gasteiger partial charge in [0.15, 0.2) is 5.58 Å². The molecule has 2 heterocycles. The fourth-order valence-corrected chi connectivity index (χ4v) is 3.69. The van der Waals surface area contributed by atoms with Crippen molar-refractivity contribution in [3.63, 3.8) is 0 Å². The van der Waals surface area contributed by atoms with E-state index in [1.807, 2.05) is 19.9 Å². The van der Waals surface area contributed by atoms with Gasteiger partial charge in [0.2, 0.25) is 5.91 Å². The van der Waals surface area contributed by atoms with Crippen LogP contribution in [0.4, 0.5) is 0 Å². The minimum Gasteiger partial charge on any atom is -0.408 e. The average molecular weight is 441 g/mol. The van der Waals surface area contributed by atoms with Crippen molar-refractivity contribution >= 4 is 39.5 Å². The Hall–Kier alpha value is -3.39. The zero-order chi connectivity index (χ0) is 22.1. The number of aryl methyl sites for hydroxylation is 1. The molecule has 4 rings (SSSR count). The summed E-state index contributed by atoms with van der Waals surface area (Å²) in [6.45, 7) is 4.10. The maximum atomic E-state index is 13.0. The highest BCUT2D eigenvalue weighted by molar-refractivity contribution is 6.31. The molecule has 0 bridgehead atoms. The van der Waals surface area contributed by atoms with Crippen molar-refractivity contribution in [3.05, 3.63) is 74.2 Å². The zero-order valence-corrected chi connectivity index (χ0v) is 17.8. The summed E-state index contributed by atoms with van der Waals surface area (Å²) in [4.78, 5) is 46.4. The van der Waals surface area contributed by atoms with E-state index in [-0.39, 0.29) is 37.0 Å². The van der Waals surface area contributed by atoms with Crippen LogP contribution in [0.25, 0.3) is 22.0 Å². The number of aromatic amines is 1. The highest BCUT2D eigenvalue weighted by Crippen LogP contribution is 2.19. The summed E-state index contributed by atoms with van der Waals surface area (Å²) in [5.74, 6) is -0.297. The van der Waals surface area contributed by atoms with E-state index in [0.717, 1.165) is 0 Å². The number of nitrogens with zero attached hydrogens (tertiary/aromatic N) is 3. The van der Waals surface area contributed by atoms with Crippen molar-refractivity contribution in [1.82, 2.24) is 19.4 Å². The lowest BCUT2D eigenvalue weighted by molar-refractivity contribution is -0.133. The van der Waals surface area contributed by atoms with Gasteiger partial charge in [-0.25, -0.2) is 9.78 Å². The van der Waals surface area contributed by atoms with Gasteiger partial charge in [-0.1, -0.05) is 23.7 Å². The van der Waals surface area contributed by atoms with Crippen LogP contribution < -0.4 is 11.3 Å². The number of rotatable bonds is 6. The molecule has 2 aromatic carbocycles. The first kappa shape index (κ1) is 20.9. The first-order chi connectivity index (χ1) is 14.8. The van der Waals surface area contributed by atoms with Gasteiger partial charge in [-0.2, -0.15) is 0 Å². The number of benzene rings is 2.